The van der Waals surface area contributed by atoms with Gasteiger partial charge in [0.2, 0.25) is 5.91 Å². The van der Waals surface area contributed by atoms with Gasteiger partial charge in [-0.2, -0.15) is 0 Å². The van der Waals surface area contributed by atoms with E-state index in [4.69, 9.17) is 4.99 Å². The fourth-order valence-corrected chi connectivity index (χ4v) is 4.64. The van der Waals surface area contributed by atoms with Crippen LogP contribution in [0, 0.1) is 5.92 Å². The van der Waals surface area contributed by atoms with Gasteiger partial charge in [0.15, 0.2) is 0 Å². The summed E-state index contributed by atoms with van der Waals surface area (Å²) in [7, 11) is 0. The minimum atomic E-state index is 0.223. The van der Waals surface area contributed by atoms with Crippen molar-refractivity contribution in [1.29, 1.82) is 0 Å². The Morgan fingerprint density at radius 2 is 1.92 bits per heavy atom. The molecule has 0 bridgehead atoms. The van der Waals surface area contributed by atoms with Crippen LogP contribution in [-0.4, -0.2) is 17.7 Å². The monoisotopic (exact) mass is 356 g/mol. The standard InChI is InChI=1S/C23H36N2O/c1-2-3-4-5-6-7-8-17-22(26)25-23-18-13-9-11-15-20(18)24-21-16-12-10-14-19(21)23/h9,11,19-20H,2-8,10,12-17H2,1H3,(H,25,26). The molecule has 1 saturated carbocycles. The first-order valence-corrected chi connectivity index (χ1v) is 11.0. The van der Waals surface area contributed by atoms with Crippen LogP contribution < -0.4 is 5.32 Å². The summed E-state index contributed by atoms with van der Waals surface area (Å²) in [6, 6.07) is 0.290. The number of hydrogen-bond donors (Lipinski definition) is 1. The Kier molecular flexibility index (Phi) is 7.52. The van der Waals surface area contributed by atoms with Crippen LogP contribution in [0.1, 0.15) is 96.8 Å². The smallest absolute Gasteiger partial charge is 0.224 e. The molecule has 1 aliphatic heterocycles. The lowest BCUT2D eigenvalue weighted by molar-refractivity contribution is -0.120. The summed E-state index contributed by atoms with van der Waals surface area (Å²) < 4.78 is 0. The Morgan fingerprint density at radius 3 is 2.77 bits per heavy atom. The van der Waals surface area contributed by atoms with Gasteiger partial charge in [-0.1, -0.05) is 64.0 Å². The maximum absolute atomic E-state index is 12.6. The predicted molar refractivity (Wildman–Crippen MR) is 109 cm³/mol. The second-order valence-electron chi connectivity index (χ2n) is 8.20. The number of carbonyl (C=O) groups is 1. The van der Waals surface area contributed by atoms with Crippen molar-refractivity contribution < 1.29 is 4.79 Å². The van der Waals surface area contributed by atoms with E-state index in [0.29, 0.717) is 18.4 Å². The zero-order valence-corrected chi connectivity index (χ0v) is 16.6. The second kappa shape index (κ2) is 10.1. The summed E-state index contributed by atoms with van der Waals surface area (Å²) in [6.45, 7) is 2.25. The normalized spacial score (nSPS) is 24.7. The van der Waals surface area contributed by atoms with Crippen LogP contribution in [0.4, 0.5) is 0 Å². The Labute approximate surface area is 159 Å². The number of hydrogen-bond acceptors (Lipinski definition) is 2. The molecule has 1 amide bonds. The molecule has 2 aliphatic carbocycles. The van der Waals surface area contributed by atoms with E-state index < -0.39 is 0 Å². The summed E-state index contributed by atoms with van der Waals surface area (Å²) in [6.07, 6.45) is 20.7. The van der Waals surface area contributed by atoms with Gasteiger partial charge < -0.3 is 5.32 Å². The van der Waals surface area contributed by atoms with Crippen molar-refractivity contribution in [3.63, 3.8) is 0 Å². The van der Waals surface area contributed by atoms with E-state index in [1.165, 1.54) is 68.3 Å². The molecule has 0 aromatic rings. The molecule has 0 spiro atoms. The lowest BCUT2D eigenvalue weighted by Crippen LogP contribution is -2.39. The van der Waals surface area contributed by atoms with Gasteiger partial charge in [-0.15, -0.1) is 0 Å². The lowest BCUT2D eigenvalue weighted by Gasteiger charge is -2.36. The Morgan fingerprint density at radius 1 is 1.12 bits per heavy atom. The van der Waals surface area contributed by atoms with Crippen molar-refractivity contribution in [1.82, 2.24) is 5.32 Å². The van der Waals surface area contributed by atoms with Crippen molar-refractivity contribution in [3.05, 3.63) is 23.4 Å². The number of rotatable bonds is 9. The average molecular weight is 357 g/mol. The van der Waals surface area contributed by atoms with Gasteiger partial charge in [-0.05, 0) is 44.1 Å². The summed E-state index contributed by atoms with van der Waals surface area (Å²) in [4.78, 5) is 17.6. The van der Waals surface area contributed by atoms with Crippen molar-refractivity contribution in [2.24, 2.45) is 10.9 Å². The SMILES string of the molecule is CCCCCCCCCC(=O)NC1=C2CC=CCC2N=C2CCCCC21. The number of carbonyl (C=O) groups excluding carboxylic acids is 1. The first-order valence-electron chi connectivity index (χ1n) is 11.0. The van der Waals surface area contributed by atoms with Gasteiger partial charge in [0.1, 0.15) is 0 Å². The molecule has 1 N–H and O–H groups in total. The van der Waals surface area contributed by atoms with E-state index in [9.17, 15) is 4.79 Å². The number of fused-ring (bicyclic) bond motifs is 2. The number of allylic oxidation sites excluding steroid dienone is 2. The Bertz CT molecular complexity index is 573. The Balaban J connectivity index is 1.52. The topological polar surface area (TPSA) is 41.5 Å². The minimum Gasteiger partial charge on any atom is -0.329 e. The third-order valence-electron chi connectivity index (χ3n) is 6.14. The van der Waals surface area contributed by atoms with Crippen LogP contribution in [0.25, 0.3) is 0 Å². The molecule has 0 aromatic carbocycles. The largest absolute Gasteiger partial charge is 0.329 e. The van der Waals surface area contributed by atoms with Gasteiger partial charge >= 0.3 is 0 Å². The minimum absolute atomic E-state index is 0.223. The van der Waals surface area contributed by atoms with Gasteiger partial charge in [0, 0.05) is 23.7 Å². The third-order valence-corrected chi connectivity index (χ3v) is 6.14. The molecular formula is C23H36N2O. The summed E-state index contributed by atoms with van der Waals surface area (Å²) in [5.41, 5.74) is 3.97. The van der Waals surface area contributed by atoms with Crippen molar-refractivity contribution in [2.45, 2.75) is 103 Å². The van der Waals surface area contributed by atoms with Crippen LogP contribution in [0.2, 0.25) is 0 Å². The van der Waals surface area contributed by atoms with E-state index in [0.717, 1.165) is 32.1 Å². The molecule has 2 atom stereocenters. The van der Waals surface area contributed by atoms with Gasteiger partial charge in [-0.25, -0.2) is 0 Å². The predicted octanol–water partition coefficient (Wildman–Crippen LogP) is 5.86. The number of nitrogens with zero attached hydrogens (tertiary/aromatic N) is 1. The maximum atomic E-state index is 12.6. The number of nitrogens with one attached hydrogen (secondary N) is 1. The molecule has 2 unspecified atom stereocenters. The van der Waals surface area contributed by atoms with Crippen LogP contribution in [0.3, 0.4) is 0 Å². The molecule has 3 rings (SSSR count). The first kappa shape index (κ1) is 19.4. The van der Waals surface area contributed by atoms with Crippen molar-refractivity contribution in [2.75, 3.05) is 0 Å². The lowest BCUT2D eigenvalue weighted by atomic mass is 9.77. The molecule has 26 heavy (non-hydrogen) atoms. The van der Waals surface area contributed by atoms with Gasteiger partial charge in [-0.3, -0.25) is 9.79 Å². The zero-order chi connectivity index (χ0) is 18.2. The van der Waals surface area contributed by atoms with Crippen LogP contribution >= 0.6 is 0 Å². The molecule has 0 aromatic heterocycles. The van der Waals surface area contributed by atoms with Gasteiger partial charge in [0.05, 0.1) is 6.04 Å². The van der Waals surface area contributed by atoms with E-state index in [-0.39, 0.29) is 5.91 Å². The fourth-order valence-electron chi connectivity index (χ4n) is 4.64. The third kappa shape index (κ3) is 5.08. The summed E-state index contributed by atoms with van der Waals surface area (Å²) >= 11 is 0. The molecule has 1 heterocycles. The number of unbranched alkanes of at least 4 members (excludes halogenated alkanes) is 6. The van der Waals surface area contributed by atoms with Crippen LogP contribution in [0.15, 0.2) is 28.4 Å². The Hall–Kier alpha value is -1.38. The van der Waals surface area contributed by atoms with Crippen LogP contribution in [-0.2, 0) is 4.79 Å². The van der Waals surface area contributed by atoms with E-state index in [2.05, 4.69) is 24.4 Å². The number of dihydropyridines is 1. The average Bonchev–Trinajstić information content (AvgIpc) is 2.67. The number of amides is 1. The molecule has 0 saturated heterocycles. The zero-order valence-electron chi connectivity index (χ0n) is 16.6. The highest BCUT2D eigenvalue weighted by molar-refractivity contribution is 5.92. The molecule has 3 heteroatoms. The first-order chi connectivity index (χ1) is 12.8. The quantitative estimate of drug-likeness (QED) is 0.408. The van der Waals surface area contributed by atoms with E-state index >= 15 is 0 Å². The number of aliphatic imine (C=N–C) groups is 1. The molecule has 3 nitrogen and oxygen atoms in total. The van der Waals surface area contributed by atoms with Crippen molar-refractivity contribution in [3.8, 4) is 0 Å². The summed E-state index contributed by atoms with van der Waals surface area (Å²) in [5, 5.41) is 3.35. The molecule has 0 radical (unpaired) electrons. The van der Waals surface area contributed by atoms with Crippen molar-refractivity contribution >= 4 is 11.6 Å². The molecular weight excluding hydrogens is 320 g/mol. The molecule has 144 valence electrons. The van der Waals surface area contributed by atoms with E-state index in [1.807, 2.05) is 0 Å². The molecule has 3 aliphatic rings. The molecule has 1 fully saturated rings. The van der Waals surface area contributed by atoms with Gasteiger partial charge in [0.25, 0.3) is 0 Å². The van der Waals surface area contributed by atoms with E-state index in [1.54, 1.807) is 0 Å². The highest BCUT2D eigenvalue weighted by Crippen LogP contribution is 2.37. The summed E-state index contributed by atoms with van der Waals surface area (Å²) in [5.74, 6) is 0.612. The second-order valence-corrected chi connectivity index (χ2v) is 8.20. The highest BCUT2D eigenvalue weighted by atomic mass is 16.1. The highest BCUT2D eigenvalue weighted by Gasteiger charge is 2.34. The van der Waals surface area contributed by atoms with Crippen LogP contribution in [0.5, 0.6) is 0 Å². The fraction of sp³-hybridized carbons (Fsp3) is 0.739. The maximum Gasteiger partial charge on any atom is 0.224 e.